The van der Waals surface area contributed by atoms with Gasteiger partial charge in [-0.15, -0.1) is 0 Å². The maximum absolute atomic E-state index is 12.7. The van der Waals surface area contributed by atoms with Gasteiger partial charge in [0.2, 0.25) is 0 Å². The van der Waals surface area contributed by atoms with E-state index in [4.69, 9.17) is 5.26 Å². The van der Waals surface area contributed by atoms with Gasteiger partial charge in [0, 0.05) is 24.8 Å². The third kappa shape index (κ3) is 3.34. The first-order valence-electron chi connectivity index (χ1n) is 7.50. The molecule has 114 valence electrons. The van der Waals surface area contributed by atoms with Crippen LogP contribution in [0, 0.1) is 11.3 Å². The Morgan fingerprint density at radius 3 is 2.55 bits per heavy atom. The lowest BCUT2D eigenvalue weighted by atomic mass is 10.1. The molecule has 0 bridgehead atoms. The lowest BCUT2D eigenvalue weighted by Crippen LogP contribution is -2.30. The standard InChI is InChI=1S/C17H20N4O/c1-3-20(4-2)17(22)15-13-21(12-8-11-18)19-16(15)14-9-6-5-7-10-14/h5-7,9-10,13H,3-4,8,12H2,1-2H3. The van der Waals surface area contributed by atoms with Crippen LogP contribution in [0.4, 0.5) is 0 Å². The number of nitriles is 1. The summed E-state index contributed by atoms with van der Waals surface area (Å²) in [4.78, 5) is 14.5. The fourth-order valence-corrected chi connectivity index (χ4v) is 2.35. The molecule has 0 spiro atoms. The lowest BCUT2D eigenvalue weighted by Gasteiger charge is -2.18. The Hall–Kier alpha value is -2.61. The lowest BCUT2D eigenvalue weighted by molar-refractivity contribution is 0.0773. The van der Waals surface area contributed by atoms with Crippen LogP contribution >= 0.6 is 0 Å². The second kappa shape index (κ2) is 7.41. The van der Waals surface area contributed by atoms with Crippen molar-refractivity contribution in [3.63, 3.8) is 0 Å². The summed E-state index contributed by atoms with van der Waals surface area (Å²) >= 11 is 0. The highest BCUT2D eigenvalue weighted by Crippen LogP contribution is 2.23. The molecular formula is C17H20N4O. The fraction of sp³-hybridized carbons (Fsp3) is 0.353. The van der Waals surface area contributed by atoms with E-state index in [1.807, 2.05) is 44.2 Å². The molecule has 22 heavy (non-hydrogen) atoms. The summed E-state index contributed by atoms with van der Waals surface area (Å²) in [5.74, 6) is -0.0212. The molecular weight excluding hydrogens is 276 g/mol. The molecule has 0 aliphatic heterocycles. The van der Waals surface area contributed by atoms with Gasteiger partial charge in [-0.3, -0.25) is 9.48 Å². The Labute approximate surface area is 130 Å². The predicted octanol–water partition coefficient (Wildman–Crippen LogP) is 2.95. The highest BCUT2D eigenvalue weighted by Gasteiger charge is 2.21. The molecule has 5 nitrogen and oxygen atoms in total. The third-order valence-corrected chi connectivity index (χ3v) is 3.54. The van der Waals surface area contributed by atoms with Crippen molar-refractivity contribution in [2.75, 3.05) is 13.1 Å². The third-order valence-electron chi connectivity index (χ3n) is 3.54. The quantitative estimate of drug-likeness (QED) is 0.823. The minimum Gasteiger partial charge on any atom is -0.339 e. The molecule has 1 aromatic carbocycles. The maximum atomic E-state index is 12.7. The highest BCUT2D eigenvalue weighted by molar-refractivity contribution is 5.99. The zero-order valence-electron chi connectivity index (χ0n) is 13.0. The average molecular weight is 296 g/mol. The zero-order chi connectivity index (χ0) is 15.9. The average Bonchev–Trinajstić information content (AvgIpc) is 2.99. The molecule has 0 aliphatic carbocycles. The minimum atomic E-state index is -0.0212. The van der Waals surface area contributed by atoms with Gasteiger partial charge in [0.05, 0.1) is 24.6 Å². The van der Waals surface area contributed by atoms with Gasteiger partial charge >= 0.3 is 0 Å². The van der Waals surface area contributed by atoms with Crippen molar-refractivity contribution < 1.29 is 4.79 Å². The van der Waals surface area contributed by atoms with Gasteiger partial charge in [0.15, 0.2) is 0 Å². The summed E-state index contributed by atoms with van der Waals surface area (Å²) in [6.07, 6.45) is 2.12. The van der Waals surface area contributed by atoms with Crippen molar-refractivity contribution in [2.45, 2.75) is 26.8 Å². The van der Waals surface area contributed by atoms with Crippen LogP contribution in [0.25, 0.3) is 11.3 Å². The second-order valence-electron chi connectivity index (χ2n) is 4.91. The molecule has 0 fully saturated rings. The van der Waals surface area contributed by atoms with Gasteiger partial charge in [-0.25, -0.2) is 0 Å². The summed E-state index contributed by atoms with van der Waals surface area (Å²) < 4.78 is 1.68. The number of nitrogens with zero attached hydrogens (tertiary/aromatic N) is 4. The number of hydrogen-bond acceptors (Lipinski definition) is 3. The van der Waals surface area contributed by atoms with Gasteiger partial charge in [-0.05, 0) is 13.8 Å². The van der Waals surface area contributed by atoms with E-state index in [0.29, 0.717) is 37.3 Å². The molecule has 0 saturated carbocycles. The summed E-state index contributed by atoms with van der Waals surface area (Å²) in [5.41, 5.74) is 2.18. The first-order chi connectivity index (χ1) is 10.7. The molecule has 0 atom stereocenters. The number of aromatic nitrogens is 2. The fourth-order valence-electron chi connectivity index (χ4n) is 2.35. The van der Waals surface area contributed by atoms with E-state index in [2.05, 4.69) is 11.2 Å². The number of benzene rings is 1. The molecule has 2 rings (SSSR count). The van der Waals surface area contributed by atoms with Crippen molar-refractivity contribution in [3.05, 3.63) is 42.1 Å². The van der Waals surface area contributed by atoms with Gasteiger partial charge in [-0.2, -0.15) is 10.4 Å². The summed E-state index contributed by atoms with van der Waals surface area (Å²) in [6, 6.07) is 11.8. The Balaban J connectivity index is 2.44. The largest absolute Gasteiger partial charge is 0.339 e. The SMILES string of the molecule is CCN(CC)C(=O)c1cn(CCC#N)nc1-c1ccccc1. The van der Waals surface area contributed by atoms with Crippen molar-refractivity contribution in [1.29, 1.82) is 5.26 Å². The molecule has 1 heterocycles. The number of rotatable bonds is 6. The van der Waals surface area contributed by atoms with Crippen LogP contribution in [-0.2, 0) is 6.54 Å². The number of carbonyl (C=O) groups excluding carboxylic acids is 1. The van der Waals surface area contributed by atoms with Crippen molar-refractivity contribution in [2.24, 2.45) is 0 Å². The number of amides is 1. The van der Waals surface area contributed by atoms with E-state index in [0.717, 1.165) is 5.56 Å². The first kappa shape index (κ1) is 15.8. The van der Waals surface area contributed by atoms with Crippen LogP contribution in [0.1, 0.15) is 30.6 Å². The van der Waals surface area contributed by atoms with E-state index >= 15 is 0 Å². The van der Waals surface area contributed by atoms with Gasteiger partial charge in [0.1, 0.15) is 5.69 Å². The predicted molar refractivity (Wildman–Crippen MR) is 85.1 cm³/mol. The first-order valence-corrected chi connectivity index (χ1v) is 7.50. The second-order valence-corrected chi connectivity index (χ2v) is 4.91. The molecule has 5 heteroatoms. The molecule has 0 saturated heterocycles. The molecule has 0 N–H and O–H groups in total. The van der Waals surface area contributed by atoms with Crippen LogP contribution in [0.5, 0.6) is 0 Å². The van der Waals surface area contributed by atoms with Crippen molar-refractivity contribution in [3.8, 4) is 17.3 Å². The number of aryl methyl sites for hydroxylation is 1. The van der Waals surface area contributed by atoms with Gasteiger partial charge in [-0.1, -0.05) is 30.3 Å². The molecule has 0 aliphatic rings. The van der Waals surface area contributed by atoms with Crippen LogP contribution in [0.15, 0.2) is 36.5 Å². The Morgan fingerprint density at radius 2 is 1.95 bits per heavy atom. The van der Waals surface area contributed by atoms with Crippen LogP contribution < -0.4 is 0 Å². The monoisotopic (exact) mass is 296 g/mol. The number of hydrogen-bond donors (Lipinski definition) is 0. The summed E-state index contributed by atoms with van der Waals surface area (Å²) in [6.45, 7) is 5.73. The smallest absolute Gasteiger partial charge is 0.257 e. The van der Waals surface area contributed by atoms with Gasteiger partial charge < -0.3 is 4.90 Å². The summed E-state index contributed by atoms with van der Waals surface area (Å²) in [7, 11) is 0. The molecule has 1 aromatic heterocycles. The number of carbonyl (C=O) groups is 1. The Kier molecular flexibility index (Phi) is 5.31. The molecule has 1 amide bonds. The van der Waals surface area contributed by atoms with Crippen LogP contribution in [-0.4, -0.2) is 33.7 Å². The van der Waals surface area contributed by atoms with Crippen LogP contribution in [0.2, 0.25) is 0 Å². The maximum Gasteiger partial charge on any atom is 0.257 e. The molecule has 0 unspecified atom stereocenters. The summed E-state index contributed by atoms with van der Waals surface area (Å²) in [5, 5.41) is 13.2. The molecule has 2 aromatic rings. The van der Waals surface area contributed by atoms with E-state index in [9.17, 15) is 4.79 Å². The van der Waals surface area contributed by atoms with E-state index in [1.165, 1.54) is 0 Å². The van der Waals surface area contributed by atoms with E-state index < -0.39 is 0 Å². The van der Waals surface area contributed by atoms with Gasteiger partial charge in [0.25, 0.3) is 5.91 Å². The van der Waals surface area contributed by atoms with E-state index in [-0.39, 0.29) is 5.91 Å². The normalized spacial score (nSPS) is 10.2. The van der Waals surface area contributed by atoms with Crippen molar-refractivity contribution in [1.82, 2.24) is 14.7 Å². The Morgan fingerprint density at radius 1 is 1.27 bits per heavy atom. The molecule has 0 radical (unpaired) electrons. The van der Waals surface area contributed by atoms with E-state index in [1.54, 1.807) is 15.8 Å². The topological polar surface area (TPSA) is 61.9 Å². The Bertz CT molecular complexity index is 666. The zero-order valence-corrected chi connectivity index (χ0v) is 13.0. The highest BCUT2D eigenvalue weighted by atomic mass is 16.2. The minimum absolute atomic E-state index is 0.0212. The van der Waals surface area contributed by atoms with Crippen molar-refractivity contribution >= 4 is 5.91 Å². The van der Waals surface area contributed by atoms with Crippen LogP contribution in [0.3, 0.4) is 0 Å².